The van der Waals surface area contributed by atoms with Crippen molar-refractivity contribution in [1.29, 1.82) is 0 Å². The number of methoxy groups -OCH3 is 2. The fourth-order valence-corrected chi connectivity index (χ4v) is 12.8. The van der Waals surface area contributed by atoms with Crippen LogP contribution >= 0.6 is 50.4 Å². The van der Waals surface area contributed by atoms with Gasteiger partial charge in [0.05, 0.1) is 61.7 Å². The number of carbonyl (C=O) groups excluding carboxylic acids is 1. The number of nitrogens with one attached hydrogen (secondary N) is 1. The zero-order valence-electron chi connectivity index (χ0n) is 57.5. The van der Waals surface area contributed by atoms with Crippen molar-refractivity contribution >= 4 is 56.5 Å². The summed E-state index contributed by atoms with van der Waals surface area (Å²) < 4.78 is 142. The van der Waals surface area contributed by atoms with Gasteiger partial charge < -0.3 is 57.8 Å². The molecule has 0 aromatic carbocycles. The van der Waals surface area contributed by atoms with Crippen molar-refractivity contribution in [1.82, 2.24) is 5.32 Å². The molecular formula is C65H118Cl3NO20P2. The van der Waals surface area contributed by atoms with Crippen molar-refractivity contribution in [2.75, 3.05) is 93.5 Å². The Morgan fingerprint density at radius 3 is 1.51 bits per heavy atom. The number of hydrogen-bond donors (Lipinski definition) is 2. The molecule has 26 heteroatoms. The molecular weight excluding hydrogens is 1280 g/mol. The summed E-state index contributed by atoms with van der Waals surface area (Å²) in [6.07, 6.45) is 17.5. The van der Waals surface area contributed by atoms with Gasteiger partial charge in [-0.15, -0.1) is 26.3 Å². The van der Waals surface area contributed by atoms with Gasteiger partial charge in [-0.1, -0.05) is 228 Å². The Kier molecular flexibility index (Phi) is 48.8. The van der Waals surface area contributed by atoms with Crippen LogP contribution in [0.2, 0.25) is 0 Å². The van der Waals surface area contributed by atoms with E-state index in [9.17, 15) is 21.8 Å². The average Bonchev–Trinajstić information content (AvgIpc) is 0.807. The van der Waals surface area contributed by atoms with Gasteiger partial charge in [0, 0.05) is 34.0 Å². The van der Waals surface area contributed by atoms with Crippen LogP contribution in [0.4, 0.5) is 4.79 Å². The SMILES string of the molecule is [2H]C(CCCCCCCCCCC)O[C@H]1[C@H](O)[C@@H](CO[C@@H]2O[C@H](COC)[C@@H](OP(=O)(OCC=C)OCC=C)[C@H](OCC[C@@H](CCCCCCC)OC)[C@H]2NC(=O)OCC(Cl)(Cl)Cl)OC(OCCOP(=O)(OCC=C)OCC=C)[C@@H]1OC([2H])CCCCCCCCCCC. The van der Waals surface area contributed by atoms with E-state index in [-0.39, 0.29) is 59.0 Å². The molecule has 0 aromatic heterocycles. The molecule has 91 heavy (non-hydrogen) atoms. The highest BCUT2D eigenvalue weighted by Gasteiger charge is 2.54. The van der Waals surface area contributed by atoms with Crippen LogP contribution in [0.15, 0.2) is 50.6 Å². The quantitative estimate of drug-likeness (QED) is 0.0249. The summed E-state index contributed by atoms with van der Waals surface area (Å²) in [7, 11) is -5.70. The molecule has 1 amide bonds. The molecule has 2 aliphatic rings. The smallest absolute Gasteiger partial charge is 0.445 e. The van der Waals surface area contributed by atoms with Gasteiger partial charge in [0.1, 0.15) is 55.4 Å². The molecule has 3 unspecified atom stereocenters. The first-order valence-corrected chi connectivity index (χ1v) is 37.4. The molecule has 0 aliphatic carbocycles. The van der Waals surface area contributed by atoms with Crippen molar-refractivity contribution < 1.29 is 96.3 Å². The number of aliphatic hydroxyl groups excluding tert-OH is 1. The number of aliphatic hydroxyl groups is 1. The van der Waals surface area contributed by atoms with Crippen LogP contribution in [0.1, 0.15) is 197 Å². The zero-order chi connectivity index (χ0) is 68.6. The van der Waals surface area contributed by atoms with Crippen molar-refractivity contribution in [2.24, 2.45) is 0 Å². The number of halogens is 3. The number of phosphoric acid groups is 2. The lowest BCUT2D eigenvalue weighted by molar-refractivity contribution is -0.331. The lowest BCUT2D eigenvalue weighted by Gasteiger charge is -2.47. The zero-order valence-corrected chi connectivity index (χ0v) is 59.6. The maximum atomic E-state index is 14.6. The number of ether oxygens (including phenoxy) is 10. The Labute approximate surface area is 564 Å². The third kappa shape index (κ3) is 39.2. The summed E-state index contributed by atoms with van der Waals surface area (Å²) in [6, 6.07) is -1.46. The van der Waals surface area contributed by atoms with Gasteiger partial charge in [-0.2, -0.15) is 0 Å². The molecule has 0 aromatic rings. The van der Waals surface area contributed by atoms with E-state index in [2.05, 4.69) is 52.4 Å². The fraction of sp³-hybridized carbons (Fsp3) is 0.862. The summed E-state index contributed by atoms with van der Waals surface area (Å²) in [4.78, 5) is 14.0. The lowest BCUT2D eigenvalue weighted by Crippen LogP contribution is -2.67. The molecule has 0 bridgehead atoms. The van der Waals surface area contributed by atoms with Gasteiger partial charge in [0.15, 0.2) is 12.6 Å². The topological polar surface area (TPSA) is 231 Å². The van der Waals surface area contributed by atoms with Gasteiger partial charge in [0.2, 0.25) is 3.79 Å². The highest BCUT2D eigenvalue weighted by Crippen LogP contribution is 2.53. The highest BCUT2D eigenvalue weighted by molar-refractivity contribution is 7.48. The third-order valence-corrected chi connectivity index (χ3v) is 18.2. The van der Waals surface area contributed by atoms with Crippen LogP contribution in [0.3, 0.4) is 0 Å². The Hall–Kier alpha value is -1.08. The lowest BCUT2D eigenvalue weighted by atomic mass is 9.96. The molecule has 21 nitrogen and oxygen atoms in total. The van der Waals surface area contributed by atoms with E-state index in [1.807, 2.05) is 0 Å². The number of rotatable bonds is 61. The van der Waals surface area contributed by atoms with Crippen LogP contribution in [0.5, 0.6) is 0 Å². The minimum Gasteiger partial charge on any atom is -0.445 e. The number of unbranched alkanes of at least 4 members (excludes halogenated alkanes) is 20. The van der Waals surface area contributed by atoms with Crippen LogP contribution in [-0.2, 0) is 83.6 Å². The molecule has 2 rings (SSSR count). The summed E-state index contributed by atoms with van der Waals surface area (Å²) in [5, 5.41) is 15.4. The van der Waals surface area contributed by atoms with Crippen molar-refractivity contribution in [3.63, 3.8) is 0 Å². The van der Waals surface area contributed by atoms with Crippen molar-refractivity contribution in [3.8, 4) is 0 Å². The molecule has 0 radical (unpaired) electrons. The largest absolute Gasteiger partial charge is 0.475 e. The molecule has 0 spiro atoms. The second-order valence-corrected chi connectivity index (χ2v) is 28.5. The van der Waals surface area contributed by atoms with E-state index in [0.717, 1.165) is 89.9 Å². The molecule has 2 fully saturated rings. The van der Waals surface area contributed by atoms with E-state index in [0.29, 0.717) is 32.1 Å². The molecule has 2 aliphatic heterocycles. The first-order valence-electron chi connectivity index (χ1n) is 34.5. The fourth-order valence-electron chi connectivity index (χ4n) is 10.2. The van der Waals surface area contributed by atoms with E-state index >= 15 is 0 Å². The maximum absolute atomic E-state index is 14.6. The van der Waals surface area contributed by atoms with E-state index in [4.69, 9.17) is 109 Å². The molecule has 534 valence electrons. The van der Waals surface area contributed by atoms with Crippen LogP contribution in [-0.4, -0.2) is 176 Å². The monoisotopic (exact) mass is 1400 g/mol. The number of carbonyl (C=O) groups is 1. The first kappa shape index (κ1) is 82.3. The number of amides is 1. The maximum Gasteiger partial charge on any atom is 0.475 e. The molecule has 2 saturated heterocycles. The second-order valence-electron chi connectivity index (χ2n) is 22.7. The van der Waals surface area contributed by atoms with Crippen LogP contribution in [0, 0.1) is 0 Å². The Bertz CT molecular complexity index is 2000. The van der Waals surface area contributed by atoms with Gasteiger partial charge in [0.25, 0.3) is 0 Å². The number of phosphoric ester groups is 2. The minimum atomic E-state index is -4.56. The standard InChI is InChI=1S/C65H118Cl3NO20P2/c1-10-17-20-23-25-27-29-31-34-37-45-76-60-57(70)54(87-63(79-48-49-86-90(72,82-41-13-4)83-42-14-5)61(60)77-46-38-35-32-30-28-26-24-21-18-11-2)51-80-62-56(69-64(71)81-52-65(66,67)68)59(78-47-40-53(75-9)39-36-33-22-19-12-3)58(55(88-62)50-74-8)89-91(73,84-43-15-6)85-44-16-7/h13-16,53-63,70H,4-7,10-12,17-52H2,1-3,8-9H3,(H,69,71)/t53-,54-,55-,56-,57-,58-,59-,60+,61-,62-,63?/m1/s1/i45D,46D/t45?,46?,53-,54-,55-,56-,57-,58-,59-,60+,61-,62-,63?. The van der Waals surface area contributed by atoms with Gasteiger partial charge >= 0.3 is 21.7 Å². The number of alkyl halides is 3. The number of hydrogen-bond acceptors (Lipinski definition) is 20. The average molecular weight is 1400 g/mol. The van der Waals surface area contributed by atoms with Crippen LogP contribution < -0.4 is 5.32 Å². The molecule has 13 atom stereocenters. The third-order valence-electron chi connectivity index (χ3n) is 15.0. The van der Waals surface area contributed by atoms with Crippen LogP contribution in [0.25, 0.3) is 0 Å². The van der Waals surface area contributed by atoms with E-state index < -0.39 is 113 Å². The normalized spacial score (nSPS) is 23.6. The van der Waals surface area contributed by atoms with E-state index in [1.54, 1.807) is 7.11 Å². The molecule has 0 saturated carbocycles. The molecule has 2 N–H and O–H groups in total. The van der Waals surface area contributed by atoms with Crippen molar-refractivity contribution in [3.05, 3.63) is 50.6 Å². The number of alkyl carbamates (subject to hydrolysis) is 1. The van der Waals surface area contributed by atoms with Crippen molar-refractivity contribution in [2.45, 2.75) is 265 Å². The predicted octanol–water partition coefficient (Wildman–Crippen LogP) is 16.1. The Morgan fingerprint density at radius 1 is 0.549 bits per heavy atom. The summed E-state index contributed by atoms with van der Waals surface area (Å²) in [5.74, 6) is 0. The van der Waals surface area contributed by atoms with Gasteiger partial charge in [-0.05, 0) is 25.7 Å². The highest BCUT2D eigenvalue weighted by atomic mass is 35.6. The van der Waals surface area contributed by atoms with Gasteiger partial charge in [-0.25, -0.2) is 13.9 Å². The summed E-state index contributed by atoms with van der Waals surface area (Å²) >= 11 is 18.1. The second kappa shape index (κ2) is 53.9. The summed E-state index contributed by atoms with van der Waals surface area (Å²) in [5.41, 5.74) is 0. The first-order chi connectivity index (χ1) is 44.8. The Balaban J connectivity index is 2.78. The Morgan fingerprint density at radius 2 is 1.02 bits per heavy atom. The van der Waals surface area contributed by atoms with Gasteiger partial charge in [-0.3, -0.25) is 27.1 Å². The van der Waals surface area contributed by atoms with E-state index in [1.165, 1.54) is 82.8 Å². The summed E-state index contributed by atoms with van der Waals surface area (Å²) in [6.45, 7) is 15.8. The molecule has 2 heterocycles. The predicted molar refractivity (Wildman–Crippen MR) is 358 cm³/mol. The minimum absolute atomic E-state index is 0.00953.